The summed E-state index contributed by atoms with van der Waals surface area (Å²) < 4.78 is 5.04. The molecule has 1 aliphatic heterocycles. The van der Waals surface area contributed by atoms with Gasteiger partial charge in [-0.05, 0) is 11.8 Å². The average molecular weight is 295 g/mol. The number of anilines is 1. The van der Waals surface area contributed by atoms with Gasteiger partial charge in [0.15, 0.2) is 0 Å². The minimum absolute atomic E-state index is 0.119. The molecule has 1 aliphatic rings. The normalized spacial score (nSPS) is 17.5. The molecule has 0 bridgehead atoms. The number of carboxylic acid groups (broad SMARTS) is 1. The van der Waals surface area contributed by atoms with Crippen LogP contribution in [0.25, 0.3) is 0 Å². The Morgan fingerprint density at radius 2 is 2.14 bits per heavy atom. The SMILES string of the molecule is CC(C)c1cc(NC(=O)CN2CC(C(C)C(=O)O)C2)on1. The summed E-state index contributed by atoms with van der Waals surface area (Å²) in [6, 6.07) is 1.72. The second-order valence-corrected chi connectivity index (χ2v) is 5.90. The maximum Gasteiger partial charge on any atom is 0.306 e. The molecule has 1 saturated heterocycles. The smallest absolute Gasteiger partial charge is 0.306 e. The van der Waals surface area contributed by atoms with Gasteiger partial charge in [-0.15, -0.1) is 0 Å². The Morgan fingerprint density at radius 1 is 1.48 bits per heavy atom. The number of rotatable bonds is 6. The number of carbonyl (C=O) groups excluding carboxylic acids is 1. The van der Waals surface area contributed by atoms with Crippen LogP contribution in [0.1, 0.15) is 32.4 Å². The van der Waals surface area contributed by atoms with Gasteiger partial charge in [0.1, 0.15) is 0 Å². The lowest BCUT2D eigenvalue weighted by Crippen LogP contribution is -2.53. The lowest BCUT2D eigenvalue weighted by Gasteiger charge is -2.40. The molecule has 116 valence electrons. The molecule has 1 atom stereocenters. The zero-order chi connectivity index (χ0) is 15.6. The van der Waals surface area contributed by atoms with Crippen LogP contribution in [0.4, 0.5) is 5.88 Å². The van der Waals surface area contributed by atoms with Crippen molar-refractivity contribution < 1.29 is 19.2 Å². The highest BCUT2D eigenvalue weighted by Crippen LogP contribution is 2.24. The number of nitrogens with one attached hydrogen (secondary N) is 1. The van der Waals surface area contributed by atoms with Crippen molar-refractivity contribution in [3.8, 4) is 0 Å². The summed E-state index contributed by atoms with van der Waals surface area (Å²) in [4.78, 5) is 24.6. The molecule has 1 unspecified atom stereocenters. The molecule has 1 fully saturated rings. The van der Waals surface area contributed by atoms with Gasteiger partial charge in [0, 0.05) is 19.2 Å². The summed E-state index contributed by atoms with van der Waals surface area (Å²) in [5.74, 6) is -0.622. The van der Waals surface area contributed by atoms with Gasteiger partial charge in [-0.3, -0.25) is 19.8 Å². The maximum absolute atomic E-state index is 11.8. The van der Waals surface area contributed by atoms with Gasteiger partial charge < -0.3 is 9.63 Å². The van der Waals surface area contributed by atoms with Crippen LogP contribution in [-0.2, 0) is 9.59 Å². The largest absolute Gasteiger partial charge is 0.481 e. The second-order valence-electron chi connectivity index (χ2n) is 5.90. The molecule has 0 radical (unpaired) electrons. The first-order chi connectivity index (χ1) is 9.86. The van der Waals surface area contributed by atoms with E-state index < -0.39 is 5.97 Å². The number of likely N-dealkylation sites (tertiary alicyclic amines) is 1. The van der Waals surface area contributed by atoms with E-state index in [2.05, 4.69) is 10.5 Å². The van der Waals surface area contributed by atoms with Crippen molar-refractivity contribution >= 4 is 17.8 Å². The monoisotopic (exact) mass is 295 g/mol. The van der Waals surface area contributed by atoms with Crippen molar-refractivity contribution in [2.24, 2.45) is 11.8 Å². The van der Waals surface area contributed by atoms with Crippen molar-refractivity contribution in [2.45, 2.75) is 26.7 Å². The predicted molar refractivity (Wildman–Crippen MR) is 76.0 cm³/mol. The second kappa shape index (κ2) is 6.26. The molecule has 2 heterocycles. The number of aromatic nitrogens is 1. The first-order valence-electron chi connectivity index (χ1n) is 7.08. The van der Waals surface area contributed by atoms with Gasteiger partial charge in [-0.25, -0.2) is 0 Å². The Labute approximate surface area is 123 Å². The number of aliphatic carboxylic acids is 1. The van der Waals surface area contributed by atoms with Crippen molar-refractivity contribution in [1.29, 1.82) is 0 Å². The Hall–Kier alpha value is -1.89. The van der Waals surface area contributed by atoms with Gasteiger partial charge in [0.2, 0.25) is 11.8 Å². The highest BCUT2D eigenvalue weighted by Gasteiger charge is 2.35. The van der Waals surface area contributed by atoms with Gasteiger partial charge in [0.05, 0.1) is 18.2 Å². The number of carboxylic acids is 1. The summed E-state index contributed by atoms with van der Waals surface area (Å²) in [7, 11) is 0. The Balaban J connectivity index is 1.75. The molecule has 21 heavy (non-hydrogen) atoms. The standard InChI is InChI=1S/C14H21N3O4/c1-8(2)11-4-13(21-16-11)15-12(18)7-17-5-10(6-17)9(3)14(19)20/h4,8-10H,5-7H2,1-3H3,(H,15,18)(H,19,20). The first-order valence-corrected chi connectivity index (χ1v) is 7.08. The summed E-state index contributed by atoms with van der Waals surface area (Å²) in [5.41, 5.74) is 0.796. The molecule has 1 amide bonds. The number of hydrogen-bond donors (Lipinski definition) is 2. The van der Waals surface area contributed by atoms with Gasteiger partial charge >= 0.3 is 5.97 Å². The van der Waals surface area contributed by atoms with E-state index in [0.29, 0.717) is 19.0 Å². The first kappa shape index (κ1) is 15.5. The molecule has 1 aromatic heterocycles. The maximum atomic E-state index is 11.8. The van der Waals surface area contributed by atoms with Gasteiger partial charge in [0.25, 0.3) is 0 Å². The minimum Gasteiger partial charge on any atom is -0.481 e. The molecular weight excluding hydrogens is 274 g/mol. The fourth-order valence-electron chi connectivity index (χ4n) is 2.26. The molecule has 0 aliphatic carbocycles. The van der Waals surface area contributed by atoms with Gasteiger partial charge in [-0.2, -0.15) is 0 Å². The zero-order valence-electron chi connectivity index (χ0n) is 12.5. The molecule has 2 rings (SSSR count). The molecule has 7 nitrogen and oxygen atoms in total. The quantitative estimate of drug-likeness (QED) is 0.823. The third-order valence-corrected chi connectivity index (χ3v) is 3.83. The summed E-state index contributed by atoms with van der Waals surface area (Å²) in [6.07, 6.45) is 0. The molecule has 0 saturated carbocycles. The minimum atomic E-state index is -0.785. The van der Waals surface area contributed by atoms with E-state index >= 15 is 0 Å². The third kappa shape index (κ3) is 3.81. The van der Waals surface area contributed by atoms with E-state index in [1.807, 2.05) is 18.7 Å². The lowest BCUT2D eigenvalue weighted by molar-refractivity contribution is -0.145. The van der Waals surface area contributed by atoms with Crippen molar-refractivity contribution in [2.75, 3.05) is 25.0 Å². The van der Waals surface area contributed by atoms with E-state index in [4.69, 9.17) is 9.63 Å². The van der Waals surface area contributed by atoms with E-state index in [9.17, 15) is 9.59 Å². The zero-order valence-corrected chi connectivity index (χ0v) is 12.5. The Bertz CT molecular complexity index is 520. The van der Waals surface area contributed by atoms with Crippen LogP contribution < -0.4 is 5.32 Å². The Morgan fingerprint density at radius 3 is 2.67 bits per heavy atom. The number of hydrogen-bond acceptors (Lipinski definition) is 5. The lowest BCUT2D eigenvalue weighted by atomic mass is 9.87. The highest BCUT2D eigenvalue weighted by molar-refractivity contribution is 5.91. The van der Waals surface area contributed by atoms with Crippen LogP contribution in [0, 0.1) is 11.8 Å². The molecule has 0 aromatic carbocycles. The van der Waals surface area contributed by atoms with Crippen LogP contribution in [0.2, 0.25) is 0 Å². The van der Waals surface area contributed by atoms with Crippen LogP contribution >= 0.6 is 0 Å². The van der Waals surface area contributed by atoms with Crippen LogP contribution in [-0.4, -0.2) is 46.7 Å². The fraction of sp³-hybridized carbons (Fsp3) is 0.643. The molecule has 0 spiro atoms. The molecule has 2 N–H and O–H groups in total. The van der Waals surface area contributed by atoms with E-state index in [1.54, 1.807) is 13.0 Å². The summed E-state index contributed by atoms with van der Waals surface area (Å²) >= 11 is 0. The molecular formula is C14H21N3O4. The third-order valence-electron chi connectivity index (χ3n) is 3.83. The number of carbonyl (C=O) groups is 2. The number of nitrogens with zero attached hydrogens (tertiary/aromatic N) is 2. The van der Waals surface area contributed by atoms with E-state index in [0.717, 1.165) is 5.69 Å². The predicted octanol–water partition coefficient (Wildman–Crippen LogP) is 1.39. The van der Waals surface area contributed by atoms with Crippen molar-refractivity contribution in [3.05, 3.63) is 11.8 Å². The topological polar surface area (TPSA) is 95.7 Å². The van der Waals surface area contributed by atoms with Crippen LogP contribution in [0.3, 0.4) is 0 Å². The van der Waals surface area contributed by atoms with Crippen LogP contribution in [0.5, 0.6) is 0 Å². The highest BCUT2D eigenvalue weighted by atomic mass is 16.5. The summed E-state index contributed by atoms with van der Waals surface area (Å²) in [5, 5.41) is 15.4. The van der Waals surface area contributed by atoms with Crippen molar-refractivity contribution in [1.82, 2.24) is 10.1 Å². The average Bonchev–Trinajstić information content (AvgIpc) is 2.80. The molecule has 1 aromatic rings. The van der Waals surface area contributed by atoms with Crippen LogP contribution in [0.15, 0.2) is 10.6 Å². The van der Waals surface area contributed by atoms with E-state index in [1.165, 1.54) is 0 Å². The van der Waals surface area contributed by atoms with E-state index in [-0.39, 0.29) is 30.2 Å². The van der Waals surface area contributed by atoms with Gasteiger partial charge in [-0.1, -0.05) is 25.9 Å². The fourth-order valence-corrected chi connectivity index (χ4v) is 2.26. The van der Waals surface area contributed by atoms with Crippen molar-refractivity contribution in [3.63, 3.8) is 0 Å². The molecule has 7 heteroatoms. The Kier molecular flexibility index (Phi) is 4.62. The summed E-state index contributed by atoms with van der Waals surface area (Å²) in [6.45, 7) is 7.19. The number of amides is 1.